The van der Waals surface area contributed by atoms with Gasteiger partial charge in [-0.25, -0.2) is 0 Å². The highest BCUT2D eigenvalue weighted by molar-refractivity contribution is 6.30. The maximum absolute atomic E-state index is 6.01. The third-order valence-electron chi connectivity index (χ3n) is 3.22. The van der Waals surface area contributed by atoms with Crippen LogP contribution >= 0.6 is 11.6 Å². The van der Waals surface area contributed by atoms with Crippen LogP contribution in [0.25, 0.3) is 0 Å². The number of hydrogen-bond acceptors (Lipinski definition) is 2. The summed E-state index contributed by atoms with van der Waals surface area (Å²) in [4.78, 5) is 0. The number of ether oxygens (including phenoxy) is 1. The summed E-state index contributed by atoms with van der Waals surface area (Å²) < 4.78 is 5.77. The lowest BCUT2D eigenvalue weighted by Gasteiger charge is -2.24. The number of benzene rings is 1. The first-order valence-corrected chi connectivity index (χ1v) is 6.77. The van der Waals surface area contributed by atoms with Crippen LogP contribution in [0.5, 0.6) is 0 Å². The van der Waals surface area contributed by atoms with Gasteiger partial charge in [-0.15, -0.1) is 0 Å². The average Bonchev–Trinajstić information content (AvgIpc) is 2.82. The first-order chi connectivity index (χ1) is 8.29. The number of rotatable bonds is 5. The zero-order chi connectivity index (χ0) is 12.1. The maximum atomic E-state index is 6.01. The average molecular weight is 254 g/mol. The molecule has 0 saturated carbocycles. The van der Waals surface area contributed by atoms with Crippen molar-refractivity contribution < 1.29 is 4.74 Å². The van der Waals surface area contributed by atoms with Crippen LogP contribution in [0.2, 0.25) is 5.02 Å². The minimum atomic E-state index is 0.355. The molecule has 0 bridgehead atoms. The van der Waals surface area contributed by atoms with Gasteiger partial charge in [0.05, 0.1) is 6.10 Å². The molecule has 1 saturated heterocycles. The van der Waals surface area contributed by atoms with Crippen molar-refractivity contribution in [2.45, 2.75) is 38.3 Å². The van der Waals surface area contributed by atoms with Crippen molar-refractivity contribution >= 4 is 11.6 Å². The van der Waals surface area contributed by atoms with Gasteiger partial charge in [-0.1, -0.05) is 30.7 Å². The summed E-state index contributed by atoms with van der Waals surface area (Å²) >= 11 is 6.01. The van der Waals surface area contributed by atoms with Gasteiger partial charge in [-0.2, -0.15) is 0 Å². The fourth-order valence-corrected chi connectivity index (χ4v) is 2.65. The van der Waals surface area contributed by atoms with Gasteiger partial charge in [-0.05, 0) is 43.5 Å². The zero-order valence-corrected chi connectivity index (χ0v) is 11.0. The van der Waals surface area contributed by atoms with Gasteiger partial charge in [0.1, 0.15) is 0 Å². The van der Waals surface area contributed by atoms with Gasteiger partial charge in [0, 0.05) is 17.7 Å². The van der Waals surface area contributed by atoms with Crippen molar-refractivity contribution in [1.82, 2.24) is 5.32 Å². The molecule has 1 aromatic rings. The second-order valence-electron chi connectivity index (χ2n) is 4.55. The molecule has 17 heavy (non-hydrogen) atoms. The monoisotopic (exact) mass is 253 g/mol. The molecule has 3 heteroatoms. The van der Waals surface area contributed by atoms with Crippen molar-refractivity contribution in [3.05, 3.63) is 34.9 Å². The quantitative estimate of drug-likeness (QED) is 0.871. The minimum Gasteiger partial charge on any atom is -0.377 e. The summed E-state index contributed by atoms with van der Waals surface area (Å²) in [5.74, 6) is 0. The molecule has 2 atom stereocenters. The van der Waals surface area contributed by atoms with Gasteiger partial charge >= 0.3 is 0 Å². The second kappa shape index (κ2) is 6.39. The minimum absolute atomic E-state index is 0.355. The second-order valence-corrected chi connectivity index (χ2v) is 4.99. The zero-order valence-electron chi connectivity index (χ0n) is 10.3. The Morgan fingerprint density at radius 2 is 2.41 bits per heavy atom. The summed E-state index contributed by atoms with van der Waals surface area (Å²) in [7, 11) is 0. The van der Waals surface area contributed by atoms with Crippen LogP contribution in [0.4, 0.5) is 0 Å². The lowest BCUT2D eigenvalue weighted by atomic mass is 9.99. The van der Waals surface area contributed by atoms with E-state index in [1.165, 1.54) is 12.0 Å². The number of hydrogen-bond donors (Lipinski definition) is 1. The van der Waals surface area contributed by atoms with E-state index < -0.39 is 0 Å². The SMILES string of the molecule is CCN[C@H](Cc1cccc(Cl)c1)[C@@H]1CCCO1. The van der Waals surface area contributed by atoms with E-state index in [9.17, 15) is 0 Å². The molecule has 1 aliphatic heterocycles. The molecular formula is C14H20ClNO. The molecule has 0 spiro atoms. The fourth-order valence-electron chi connectivity index (χ4n) is 2.44. The lowest BCUT2D eigenvalue weighted by Crippen LogP contribution is -2.41. The Hall–Kier alpha value is -0.570. The van der Waals surface area contributed by atoms with E-state index >= 15 is 0 Å². The molecule has 1 heterocycles. The Morgan fingerprint density at radius 1 is 1.53 bits per heavy atom. The van der Waals surface area contributed by atoms with Crippen LogP contribution in [0.15, 0.2) is 24.3 Å². The molecule has 0 aromatic heterocycles. The summed E-state index contributed by atoms with van der Waals surface area (Å²) in [6.45, 7) is 4.02. The first-order valence-electron chi connectivity index (χ1n) is 6.39. The molecule has 0 unspecified atom stereocenters. The van der Waals surface area contributed by atoms with Crippen molar-refractivity contribution in [3.63, 3.8) is 0 Å². The molecule has 0 radical (unpaired) electrons. The maximum Gasteiger partial charge on any atom is 0.0732 e. The van der Waals surface area contributed by atoms with Gasteiger partial charge in [0.15, 0.2) is 0 Å². The van der Waals surface area contributed by atoms with Crippen molar-refractivity contribution in [2.75, 3.05) is 13.2 Å². The largest absolute Gasteiger partial charge is 0.377 e. The Bertz CT molecular complexity index is 350. The number of likely N-dealkylation sites (N-methyl/N-ethyl adjacent to an activating group) is 1. The third-order valence-corrected chi connectivity index (χ3v) is 3.46. The Balaban J connectivity index is 2.01. The molecule has 2 rings (SSSR count). The Kier molecular flexibility index (Phi) is 4.84. The van der Waals surface area contributed by atoms with E-state index in [-0.39, 0.29) is 0 Å². The van der Waals surface area contributed by atoms with Gasteiger partial charge in [0.2, 0.25) is 0 Å². The highest BCUT2D eigenvalue weighted by atomic mass is 35.5. The Labute approximate surface area is 108 Å². The smallest absolute Gasteiger partial charge is 0.0732 e. The van der Waals surface area contributed by atoms with E-state index in [1.807, 2.05) is 18.2 Å². The predicted molar refractivity (Wildman–Crippen MR) is 71.6 cm³/mol. The summed E-state index contributed by atoms with van der Waals surface area (Å²) in [6, 6.07) is 8.50. The highest BCUT2D eigenvalue weighted by Crippen LogP contribution is 2.20. The molecule has 1 fully saturated rings. The first kappa shape index (κ1) is 12.9. The third kappa shape index (κ3) is 3.70. The van der Waals surface area contributed by atoms with Gasteiger partial charge in [-0.3, -0.25) is 0 Å². The van der Waals surface area contributed by atoms with Crippen LogP contribution in [0, 0.1) is 0 Å². The van der Waals surface area contributed by atoms with Gasteiger partial charge in [0.25, 0.3) is 0 Å². The fraction of sp³-hybridized carbons (Fsp3) is 0.571. The van der Waals surface area contributed by atoms with Crippen LogP contribution in [-0.2, 0) is 11.2 Å². The van der Waals surface area contributed by atoms with Crippen LogP contribution in [0.3, 0.4) is 0 Å². The number of nitrogens with one attached hydrogen (secondary N) is 1. The molecule has 94 valence electrons. The van der Waals surface area contributed by atoms with Crippen LogP contribution < -0.4 is 5.32 Å². The molecule has 0 amide bonds. The van der Waals surface area contributed by atoms with Crippen molar-refractivity contribution in [1.29, 1.82) is 0 Å². The van der Waals surface area contributed by atoms with E-state index in [2.05, 4.69) is 18.3 Å². The van der Waals surface area contributed by atoms with Crippen molar-refractivity contribution in [2.24, 2.45) is 0 Å². The Morgan fingerprint density at radius 3 is 3.06 bits per heavy atom. The van der Waals surface area contributed by atoms with Crippen LogP contribution in [0.1, 0.15) is 25.3 Å². The normalized spacial score (nSPS) is 21.6. The van der Waals surface area contributed by atoms with E-state index in [0.29, 0.717) is 12.1 Å². The van der Waals surface area contributed by atoms with Crippen LogP contribution in [-0.4, -0.2) is 25.3 Å². The highest BCUT2D eigenvalue weighted by Gasteiger charge is 2.25. The van der Waals surface area contributed by atoms with E-state index in [1.54, 1.807) is 0 Å². The molecule has 1 N–H and O–H groups in total. The summed E-state index contributed by atoms with van der Waals surface area (Å²) in [5.41, 5.74) is 1.28. The van der Waals surface area contributed by atoms with Crippen molar-refractivity contribution in [3.8, 4) is 0 Å². The van der Waals surface area contributed by atoms with E-state index in [4.69, 9.17) is 16.3 Å². The molecular weight excluding hydrogens is 234 g/mol. The summed E-state index contributed by atoms with van der Waals surface area (Å²) in [5, 5.41) is 4.33. The number of halogens is 1. The molecule has 1 aromatic carbocycles. The molecule has 1 aliphatic rings. The van der Waals surface area contributed by atoms with E-state index in [0.717, 1.165) is 31.0 Å². The molecule has 2 nitrogen and oxygen atoms in total. The standard InChI is InChI=1S/C14H20ClNO/c1-2-16-13(14-7-4-8-17-14)10-11-5-3-6-12(15)9-11/h3,5-6,9,13-14,16H,2,4,7-8,10H2,1H3/t13-,14+/m1/s1. The van der Waals surface area contributed by atoms with Gasteiger partial charge < -0.3 is 10.1 Å². The predicted octanol–water partition coefficient (Wildman–Crippen LogP) is 3.04. The summed E-state index contributed by atoms with van der Waals surface area (Å²) in [6.07, 6.45) is 3.69. The topological polar surface area (TPSA) is 21.3 Å². The lowest BCUT2D eigenvalue weighted by molar-refractivity contribution is 0.0789. The molecule has 0 aliphatic carbocycles.